The quantitative estimate of drug-likeness (QED) is 0.666. The van der Waals surface area contributed by atoms with Crippen molar-refractivity contribution in [3.05, 3.63) is 35.4 Å². The van der Waals surface area contributed by atoms with Gasteiger partial charge in [0.1, 0.15) is 12.1 Å². The van der Waals surface area contributed by atoms with E-state index in [1.54, 1.807) is 0 Å². The number of likely N-dealkylation sites (tertiary alicyclic amines) is 1. The normalized spacial score (nSPS) is 28.8. The Labute approximate surface area is 190 Å². The van der Waals surface area contributed by atoms with Crippen LogP contribution in [0.5, 0.6) is 0 Å². The lowest BCUT2D eigenvalue weighted by Gasteiger charge is -2.33. The second-order valence-electron chi connectivity index (χ2n) is 10.2. The largest absolute Gasteiger partial charge is 0.350 e. The molecule has 7 nitrogen and oxygen atoms in total. The number of rotatable bonds is 6. The van der Waals surface area contributed by atoms with Crippen molar-refractivity contribution < 1.29 is 14.4 Å². The van der Waals surface area contributed by atoms with Gasteiger partial charge in [-0.1, -0.05) is 38.1 Å². The fourth-order valence-electron chi connectivity index (χ4n) is 5.26. The average Bonchev–Trinajstić information content (AvgIpc) is 2.99. The average molecular weight is 441 g/mol. The van der Waals surface area contributed by atoms with Crippen molar-refractivity contribution in [2.45, 2.75) is 71.0 Å². The fraction of sp³-hybridized carbons (Fsp3) is 0.640. The number of imide groups is 1. The second kappa shape index (κ2) is 9.61. The SMILES string of the molecule is CC1CCC2(CC1)NC(=O)N(CC(=O)NCc1ccc(CN3CCCC(C)C3)cc1)C2=O. The molecule has 1 saturated carbocycles. The zero-order valence-electron chi connectivity index (χ0n) is 19.4. The summed E-state index contributed by atoms with van der Waals surface area (Å²) in [4.78, 5) is 41.3. The lowest BCUT2D eigenvalue weighted by molar-refractivity contribution is -0.136. The molecule has 7 heteroatoms. The third kappa shape index (κ3) is 5.14. The van der Waals surface area contributed by atoms with Crippen LogP contribution in [-0.4, -0.2) is 52.8 Å². The number of urea groups is 1. The Hall–Kier alpha value is -2.41. The van der Waals surface area contributed by atoms with Crippen molar-refractivity contribution in [1.82, 2.24) is 20.4 Å². The van der Waals surface area contributed by atoms with E-state index in [4.69, 9.17) is 0 Å². The third-order valence-corrected chi connectivity index (χ3v) is 7.34. The standard InChI is InChI=1S/C25H36N4O3/c1-18-9-11-25(12-10-18)23(31)29(24(32)27-25)17-22(30)26-14-20-5-7-21(8-6-20)16-28-13-3-4-19(2)15-28/h5-8,18-19H,3-4,9-17H2,1-2H3,(H,26,30)(H,27,32). The van der Waals surface area contributed by atoms with E-state index in [0.29, 0.717) is 25.3 Å². The van der Waals surface area contributed by atoms with Crippen LogP contribution in [-0.2, 0) is 22.7 Å². The van der Waals surface area contributed by atoms with Gasteiger partial charge in [0.15, 0.2) is 0 Å². The predicted molar refractivity (Wildman–Crippen MR) is 123 cm³/mol. The first kappa shape index (κ1) is 22.8. The highest BCUT2D eigenvalue weighted by Crippen LogP contribution is 2.36. The van der Waals surface area contributed by atoms with Gasteiger partial charge >= 0.3 is 6.03 Å². The van der Waals surface area contributed by atoms with Crippen LogP contribution >= 0.6 is 0 Å². The van der Waals surface area contributed by atoms with E-state index >= 15 is 0 Å². The highest BCUT2D eigenvalue weighted by Gasteiger charge is 2.52. The maximum Gasteiger partial charge on any atom is 0.325 e. The second-order valence-corrected chi connectivity index (χ2v) is 10.2. The molecule has 1 aliphatic carbocycles. The van der Waals surface area contributed by atoms with Crippen molar-refractivity contribution in [2.75, 3.05) is 19.6 Å². The summed E-state index contributed by atoms with van der Waals surface area (Å²) in [6.45, 7) is 7.90. The van der Waals surface area contributed by atoms with Gasteiger partial charge in [-0.25, -0.2) is 4.79 Å². The number of benzene rings is 1. The molecule has 2 N–H and O–H groups in total. The molecule has 174 valence electrons. The summed E-state index contributed by atoms with van der Waals surface area (Å²) in [6.07, 6.45) is 5.72. The summed E-state index contributed by atoms with van der Waals surface area (Å²) in [6, 6.07) is 7.86. The van der Waals surface area contributed by atoms with Crippen molar-refractivity contribution in [3.63, 3.8) is 0 Å². The van der Waals surface area contributed by atoms with Crippen LogP contribution < -0.4 is 10.6 Å². The van der Waals surface area contributed by atoms with Crippen LogP contribution in [0.2, 0.25) is 0 Å². The lowest BCUT2D eigenvalue weighted by Crippen LogP contribution is -2.49. The molecule has 4 rings (SSSR count). The Bertz CT molecular complexity index is 845. The molecular formula is C25H36N4O3. The monoisotopic (exact) mass is 440 g/mol. The molecule has 1 aromatic rings. The molecule has 2 aliphatic heterocycles. The number of piperidine rings is 1. The molecule has 4 amide bonds. The molecule has 0 bridgehead atoms. The Morgan fingerprint density at radius 1 is 1.06 bits per heavy atom. The van der Waals surface area contributed by atoms with Crippen molar-refractivity contribution in [3.8, 4) is 0 Å². The van der Waals surface area contributed by atoms with Gasteiger partial charge in [-0.3, -0.25) is 19.4 Å². The molecule has 3 aliphatic rings. The molecule has 1 aromatic carbocycles. The molecule has 0 radical (unpaired) electrons. The van der Waals surface area contributed by atoms with Crippen LogP contribution in [0.4, 0.5) is 4.79 Å². The van der Waals surface area contributed by atoms with E-state index in [9.17, 15) is 14.4 Å². The maximum atomic E-state index is 12.9. The van der Waals surface area contributed by atoms with Gasteiger partial charge in [-0.05, 0) is 68.0 Å². The Balaban J connectivity index is 1.25. The number of nitrogens with one attached hydrogen (secondary N) is 2. The third-order valence-electron chi connectivity index (χ3n) is 7.34. The van der Waals surface area contributed by atoms with Gasteiger partial charge in [0, 0.05) is 19.6 Å². The molecule has 3 fully saturated rings. The minimum Gasteiger partial charge on any atom is -0.350 e. The van der Waals surface area contributed by atoms with E-state index in [1.165, 1.54) is 18.4 Å². The molecule has 32 heavy (non-hydrogen) atoms. The van der Waals surface area contributed by atoms with Gasteiger partial charge in [0.25, 0.3) is 5.91 Å². The van der Waals surface area contributed by atoms with E-state index in [2.05, 4.69) is 41.5 Å². The minimum atomic E-state index is -0.800. The van der Waals surface area contributed by atoms with E-state index in [0.717, 1.165) is 48.9 Å². The smallest absolute Gasteiger partial charge is 0.325 e. The van der Waals surface area contributed by atoms with Gasteiger partial charge in [0.2, 0.25) is 5.91 Å². The highest BCUT2D eigenvalue weighted by molar-refractivity contribution is 6.09. The number of hydrogen-bond donors (Lipinski definition) is 2. The topological polar surface area (TPSA) is 81.8 Å². The van der Waals surface area contributed by atoms with Gasteiger partial charge in [0.05, 0.1) is 0 Å². The van der Waals surface area contributed by atoms with E-state index in [1.807, 2.05) is 12.1 Å². The Morgan fingerprint density at radius 3 is 2.44 bits per heavy atom. The van der Waals surface area contributed by atoms with Crippen LogP contribution in [0, 0.1) is 11.8 Å². The number of carbonyl (C=O) groups is 3. The van der Waals surface area contributed by atoms with Crippen molar-refractivity contribution in [2.24, 2.45) is 11.8 Å². The van der Waals surface area contributed by atoms with Gasteiger partial charge < -0.3 is 10.6 Å². The van der Waals surface area contributed by atoms with Crippen molar-refractivity contribution in [1.29, 1.82) is 0 Å². The minimum absolute atomic E-state index is 0.229. The van der Waals surface area contributed by atoms with Crippen LogP contribution in [0.25, 0.3) is 0 Å². The molecule has 1 unspecified atom stereocenters. The summed E-state index contributed by atoms with van der Waals surface area (Å²) in [7, 11) is 0. The first-order valence-corrected chi connectivity index (χ1v) is 12.1. The number of carbonyl (C=O) groups excluding carboxylic acids is 3. The summed E-state index contributed by atoms with van der Waals surface area (Å²) in [5, 5.41) is 5.71. The molecule has 2 heterocycles. The Kier molecular flexibility index (Phi) is 6.84. The summed E-state index contributed by atoms with van der Waals surface area (Å²) in [5.74, 6) is 0.763. The molecule has 0 aromatic heterocycles. The molecule has 2 saturated heterocycles. The number of hydrogen-bond acceptors (Lipinski definition) is 4. The van der Waals surface area contributed by atoms with Crippen molar-refractivity contribution >= 4 is 17.8 Å². The lowest BCUT2D eigenvalue weighted by atomic mass is 9.77. The van der Waals surface area contributed by atoms with Crippen LogP contribution in [0.3, 0.4) is 0 Å². The fourth-order valence-corrected chi connectivity index (χ4v) is 5.26. The predicted octanol–water partition coefficient (Wildman–Crippen LogP) is 3.04. The Morgan fingerprint density at radius 2 is 1.75 bits per heavy atom. The molecule has 1 atom stereocenters. The summed E-state index contributed by atoms with van der Waals surface area (Å²) >= 11 is 0. The number of nitrogens with zero attached hydrogens (tertiary/aromatic N) is 2. The first-order valence-electron chi connectivity index (χ1n) is 12.1. The first-order chi connectivity index (χ1) is 15.3. The zero-order chi connectivity index (χ0) is 22.7. The van der Waals surface area contributed by atoms with Crippen LogP contribution in [0.1, 0.15) is 63.5 Å². The zero-order valence-corrected chi connectivity index (χ0v) is 19.4. The van der Waals surface area contributed by atoms with E-state index < -0.39 is 11.6 Å². The molecular weight excluding hydrogens is 404 g/mol. The van der Waals surface area contributed by atoms with E-state index in [-0.39, 0.29) is 18.4 Å². The molecule has 1 spiro atoms. The van der Waals surface area contributed by atoms with Crippen LogP contribution in [0.15, 0.2) is 24.3 Å². The van der Waals surface area contributed by atoms with Gasteiger partial charge in [-0.15, -0.1) is 0 Å². The summed E-state index contributed by atoms with van der Waals surface area (Å²) < 4.78 is 0. The maximum absolute atomic E-state index is 12.9. The highest BCUT2D eigenvalue weighted by atomic mass is 16.2. The summed E-state index contributed by atoms with van der Waals surface area (Å²) in [5.41, 5.74) is 1.48. The van der Waals surface area contributed by atoms with Gasteiger partial charge in [-0.2, -0.15) is 0 Å². The number of amides is 4.